The molecule has 108 valence electrons. The highest BCUT2D eigenvalue weighted by Gasteiger charge is 2.36. The minimum atomic E-state index is 0.220. The van der Waals surface area contributed by atoms with Gasteiger partial charge in [-0.1, -0.05) is 24.3 Å². The molecule has 2 unspecified atom stereocenters. The van der Waals surface area contributed by atoms with Crippen molar-refractivity contribution in [3.05, 3.63) is 35.4 Å². The summed E-state index contributed by atoms with van der Waals surface area (Å²) in [7, 11) is 0. The molecule has 0 amide bonds. The van der Waals surface area contributed by atoms with E-state index < -0.39 is 0 Å². The molecule has 0 aliphatic heterocycles. The van der Waals surface area contributed by atoms with Crippen molar-refractivity contribution in [2.24, 2.45) is 17.6 Å². The van der Waals surface area contributed by atoms with Crippen LogP contribution in [0.4, 0.5) is 0 Å². The van der Waals surface area contributed by atoms with Crippen LogP contribution >= 0.6 is 0 Å². The Morgan fingerprint density at radius 3 is 2.25 bits per heavy atom. The summed E-state index contributed by atoms with van der Waals surface area (Å²) in [6.45, 7) is 2.61. The molecule has 2 nitrogen and oxygen atoms in total. The number of benzene rings is 1. The zero-order valence-corrected chi connectivity index (χ0v) is 12.3. The number of aryl methyl sites for hydroxylation is 1. The second-order valence-electron chi connectivity index (χ2n) is 7.17. The first-order valence-electron chi connectivity index (χ1n) is 8.38. The molecular formula is C18H26N2. The predicted octanol–water partition coefficient (Wildman–Crippen LogP) is 3.12. The van der Waals surface area contributed by atoms with Crippen molar-refractivity contribution in [1.82, 2.24) is 4.90 Å². The molecule has 2 heteroatoms. The second-order valence-corrected chi connectivity index (χ2v) is 7.17. The van der Waals surface area contributed by atoms with E-state index in [9.17, 15) is 0 Å². The van der Waals surface area contributed by atoms with Crippen LogP contribution in [-0.2, 0) is 6.42 Å². The molecule has 2 fully saturated rings. The second kappa shape index (κ2) is 5.16. The third-order valence-electron chi connectivity index (χ3n) is 5.39. The molecule has 20 heavy (non-hydrogen) atoms. The van der Waals surface area contributed by atoms with Crippen LogP contribution in [0, 0.1) is 11.8 Å². The van der Waals surface area contributed by atoms with Gasteiger partial charge >= 0.3 is 0 Å². The standard InChI is InChI=1S/C18H26N2/c19-18-16-4-2-1-3-15(16)9-10-17(18)20(11-13-5-6-13)12-14-7-8-14/h1-4,13-14,17-18H,5-12,19H2. The fourth-order valence-corrected chi connectivity index (χ4v) is 3.80. The van der Waals surface area contributed by atoms with Crippen LogP contribution in [0.1, 0.15) is 49.3 Å². The van der Waals surface area contributed by atoms with E-state index in [0.29, 0.717) is 6.04 Å². The fraction of sp³-hybridized carbons (Fsp3) is 0.667. The normalized spacial score (nSPS) is 29.5. The summed E-state index contributed by atoms with van der Waals surface area (Å²) in [6, 6.07) is 9.60. The summed E-state index contributed by atoms with van der Waals surface area (Å²) in [5.74, 6) is 1.94. The maximum absolute atomic E-state index is 6.64. The van der Waals surface area contributed by atoms with Crippen LogP contribution in [0.3, 0.4) is 0 Å². The molecule has 1 aromatic rings. The zero-order chi connectivity index (χ0) is 13.5. The molecule has 2 saturated carbocycles. The molecule has 3 aliphatic rings. The van der Waals surface area contributed by atoms with Crippen LogP contribution in [0.15, 0.2) is 24.3 Å². The lowest BCUT2D eigenvalue weighted by Gasteiger charge is -2.39. The first-order valence-corrected chi connectivity index (χ1v) is 8.38. The third kappa shape index (κ3) is 2.64. The van der Waals surface area contributed by atoms with E-state index in [1.54, 1.807) is 0 Å². The highest BCUT2D eigenvalue weighted by molar-refractivity contribution is 5.33. The molecule has 1 aromatic carbocycles. The van der Waals surface area contributed by atoms with Gasteiger partial charge in [-0.2, -0.15) is 0 Å². The monoisotopic (exact) mass is 270 g/mol. The first-order chi connectivity index (χ1) is 9.81. The highest BCUT2D eigenvalue weighted by Crippen LogP contribution is 2.38. The van der Waals surface area contributed by atoms with Crippen LogP contribution in [0.2, 0.25) is 0 Å². The van der Waals surface area contributed by atoms with Crippen molar-refractivity contribution in [3.63, 3.8) is 0 Å². The van der Waals surface area contributed by atoms with Crippen molar-refractivity contribution >= 4 is 0 Å². The Kier molecular flexibility index (Phi) is 3.31. The van der Waals surface area contributed by atoms with E-state index in [1.165, 1.54) is 62.7 Å². The van der Waals surface area contributed by atoms with E-state index in [-0.39, 0.29) is 6.04 Å². The molecule has 0 radical (unpaired) electrons. The Labute approximate surface area is 122 Å². The average Bonchev–Trinajstić information content (AvgIpc) is 3.35. The third-order valence-corrected chi connectivity index (χ3v) is 5.39. The largest absolute Gasteiger partial charge is 0.323 e. The van der Waals surface area contributed by atoms with Gasteiger partial charge < -0.3 is 5.73 Å². The van der Waals surface area contributed by atoms with Gasteiger partial charge in [0.05, 0.1) is 0 Å². The maximum atomic E-state index is 6.64. The predicted molar refractivity (Wildman–Crippen MR) is 82.5 cm³/mol. The summed E-state index contributed by atoms with van der Waals surface area (Å²) >= 11 is 0. The molecule has 3 aliphatic carbocycles. The van der Waals surface area contributed by atoms with Gasteiger partial charge in [0.2, 0.25) is 0 Å². The van der Waals surface area contributed by atoms with Crippen molar-refractivity contribution in [2.45, 2.75) is 50.6 Å². The number of nitrogens with two attached hydrogens (primary N) is 1. The van der Waals surface area contributed by atoms with E-state index in [2.05, 4.69) is 29.2 Å². The van der Waals surface area contributed by atoms with Gasteiger partial charge in [-0.3, -0.25) is 4.90 Å². The summed E-state index contributed by atoms with van der Waals surface area (Å²) in [6.07, 6.45) is 8.23. The molecule has 4 rings (SSSR count). The smallest absolute Gasteiger partial charge is 0.0455 e. The van der Waals surface area contributed by atoms with Crippen LogP contribution in [0.25, 0.3) is 0 Å². The van der Waals surface area contributed by atoms with E-state index in [1.807, 2.05) is 0 Å². The van der Waals surface area contributed by atoms with Gasteiger partial charge in [0, 0.05) is 25.2 Å². The minimum absolute atomic E-state index is 0.220. The molecule has 0 heterocycles. The van der Waals surface area contributed by atoms with E-state index >= 15 is 0 Å². The Bertz CT molecular complexity index is 462. The fourth-order valence-electron chi connectivity index (χ4n) is 3.80. The maximum Gasteiger partial charge on any atom is 0.0455 e. The zero-order valence-electron chi connectivity index (χ0n) is 12.3. The summed E-state index contributed by atoms with van der Waals surface area (Å²) in [5.41, 5.74) is 9.53. The number of nitrogens with zero attached hydrogens (tertiary/aromatic N) is 1. The summed E-state index contributed by atoms with van der Waals surface area (Å²) < 4.78 is 0. The molecule has 0 saturated heterocycles. The number of hydrogen-bond donors (Lipinski definition) is 1. The summed E-state index contributed by atoms with van der Waals surface area (Å²) in [4.78, 5) is 2.76. The van der Waals surface area contributed by atoms with Gasteiger partial charge in [-0.05, 0) is 61.5 Å². The van der Waals surface area contributed by atoms with Gasteiger partial charge in [-0.15, -0.1) is 0 Å². The molecule has 2 N–H and O–H groups in total. The Balaban J connectivity index is 1.53. The van der Waals surface area contributed by atoms with Crippen LogP contribution < -0.4 is 5.73 Å². The van der Waals surface area contributed by atoms with Crippen molar-refractivity contribution in [3.8, 4) is 0 Å². The molecule has 0 aromatic heterocycles. The summed E-state index contributed by atoms with van der Waals surface area (Å²) in [5, 5.41) is 0. The van der Waals surface area contributed by atoms with Gasteiger partial charge in [-0.25, -0.2) is 0 Å². The van der Waals surface area contributed by atoms with Crippen molar-refractivity contribution in [1.29, 1.82) is 0 Å². The topological polar surface area (TPSA) is 29.3 Å². The average molecular weight is 270 g/mol. The van der Waals surface area contributed by atoms with Crippen molar-refractivity contribution < 1.29 is 0 Å². The number of fused-ring (bicyclic) bond motifs is 1. The lowest BCUT2D eigenvalue weighted by atomic mass is 9.83. The number of rotatable bonds is 5. The van der Waals surface area contributed by atoms with Gasteiger partial charge in [0.25, 0.3) is 0 Å². The minimum Gasteiger partial charge on any atom is -0.323 e. The quantitative estimate of drug-likeness (QED) is 0.890. The molecular weight excluding hydrogens is 244 g/mol. The van der Waals surface area contributed by atoms with Gasteiger partial charge in [0.1, 0.15) is 0 Å². The van der Waals surface area contributed by atoms with E-state index in [4.69, 9.17) is 5.73 Å². The SMILES string of the molecule is NC1c2ccccc2CCC1N(CC1CC1)CC1CC1. The Hall–Kier alpha value is -0.860. The Morgan fingerprint density at radius 2 is 1.60 bits per heavy atom. The lowest BCUT2D eigenvalue weighted by molar-refractivity contribution is 0.142. The molecule has 0 bridgehead atoms. The lowest BCUT2D eigenvalue weighted by Crippen LogP contribution is -2.47. The van der Waals surface area contributed by atoms with Gasteiger partial charge in [0.15, 0.2) is 0 Å². The molecule has 2 atom stereocenters. The van der Waals surface area contributed by atoms with E-state index in [0.717, 1.165) is 11.8 Å². The van der Waals surface area contributed by atoms with Crippen LogP contribution in [0.5, 0.6) is 0 Å². The number of hydrogen-bond acceptors (Lipinski definition) is 2. The van der Waals surface area contributed by atoms with Crippen LogP contribution in [-0.4, -0.2) is 24.0 Å². The Morgan fingerprint density at radius 1 is 0.950 bits per heavy atom. The first kappa shape index (κ1) is 12.8. The highest BCUT2D eigenvalue weighted by atomic mass is 15.2. The molecule has 0 spiro atoms. The van der Waals surface area contributed by atoms with Crippen molar-refractivity contribution in [2.75, 3.05) is 13.1 Å².